The normalized spacial score (nSPS) is 14.0. The molecule has 3 aromatic rings. The molecule has 2 aromatic heterocycles. The molecule has 0 aliphatic heterocycles. The van der Waals surface area contributed by atoms with Crippen LogP contribution in [0.15, 0.2) is 35.2 Å². The molecular weight excluding hydrogens is 362 g/mol. The van der Waals surface area contributed by atoms with Crippen LogP contribution in [-0.4, -0.2) is 17.1 Å². The molecule has 1 aliphatic carbocycles. The first-order valence-corrected chi connectivity index (χ1v) is 10.9. The van der Waals surface area contributed by atoms with Crippen LogP contribution in [0.5, 0.6) is 0 Å². The largest absolute Gasteiger partial charge is 0.397 e. The molecule has 0 radical (unpaired) electrons. The van der Waals surface area contributed by atoms with E-state index in [2.05, 4.69) is 11.4 Å². The average molecular weight is 384 g/mol. The van der Waals surface area contributed by atoms with Gasteiger partial charge in [-0.05, 0) is 67.8 Å². The van der Waals surface area contributed by atoms with E-state index in [4.69, 9.17) is 10.7 Å². The highest BCUT2D eigenvalue weighted by atomic mass is 32.2. The zero-order valence-electron chi connectivity index (χ0n) is 14.7. The number of aryl methyl sites for hydroxylation is 2. The smallest absolute Gasteiger partial charge is 0.267 e. The Bertz CT molecular complexity index is 963. The Labute approximate surface area is 161 Å². The van der Waals surface area contributed by atoms with Crippen LogP contribution in [0.25, 0.3) is 10.2 Å². The van der Waals surface area contributed by atoms with Gasteiger partial charge in [0, 0.05) is 21.7 Å². The van der Waals surface area contributed by atoms with Gasteiger partial charge in [-0.25, -0.2) is 4.98 Å². The fourth-order valence-electron chi connectivity index (χ4n) is 3.37. The number of amides is 1. The number of pyridine rings is 1. The molecule has 4 rings (SSSR count). The number of thioether (sulfide) groups is 1. The van der Waals surface area contributed by atoms with Crippen molar-refractivity contribution in [3.63, 3.8) is 0 Å². The fraction of sp³-hybridized carbons (Fsp3) is 0.300. The zero-order chi connectivity index (χ0) is 18.1. The predicted octanol–water partition coefficient (Wildman–Crippen LogP) is 5.12. The molecule has 6 heteroatoms. The number of nitrogens with one attached hydrogen (secondary N) is 1. The van der Waals surface area contributed by atoms with E-state index in [0.717, 1.165) is 33.6 Å². The molecule has 0 saturated heterocycles. The summed E-state index contributed by atoms with van der Waals surface area (Å²) in [6.07, 6.45) is 7.74. The molecule has 3 N–H and O–H groups in total. The molecule has 2 heterocycles. The van der Waals surface area contributed by atoms with Gasteiger partial charge in [-0.2, -0.15) is 0 Å². The molecule has 0 unspecified atom stereocenters. The predicted molar refractivity (Wildman–Crippen MR) is 111 cm³/mol. The third-order valence-corrected chi connectivity index (χ3v) is 6.66. The number of hydrogen-bond acceptors (Lipinski definition) is 5. The lowest BCUT2D eigenvalue weighted by atomic mass is 10.1. The highest BCUT2D eigenvalue weighted by Gasteiger charge is 2.20. The summed E-state index contributed by atoms with van der Waals surface area (Å²) >= 11 is 3.06. The molecule has 26 heavy (non-hydrogen) atoms. The van der Waals surface area contributed by atoms with Crippen molar-refractivity contribution in [3.05, 3.63) is 46.5 Å². The number of thiophene rings is 1. The van der Waals surface area contributed by atoms with Gasteiger partial charge in [0.15, 0.2) is 0 Å². The lowest BCUT2D eigenvalue weighted by Crippen LogP contribution is -2.11. The maximum absolute atomic E-state index is 12.7. The first-order valence-electron chi connectivity index (χ1n) is 8.82. The van der Waals surface area contributed by atoms with Crippen molar-refractivity contribution in [1.82, 2.24) is 4.98 Å². The molecule has 1 amide bonds. The van der Waals surface area contributed by atoms with Crippen molar-refractivity contribution in [2.75, 3.05) is 17.3 Å². The monoisotopic (exact) mass is 383 g/mol. The third-order valence-electron chi connectivity index (χ3n) is 4.80. The van der Waals surface area contributed by atoms with Crippen LogP contribution in [0.4, 0.5) is 11.4 Å². The van der Waals surface area contributed by atoms with Crippen molar-refractivity contribution in [2.45, 2.75) is 37.0 Å². The van der Waals surface area contributed by atoms with Crippen LogP contribution in [0.1, 0.15) is 40.2 Å². The van der Waals surface area contributed by atoms with Gasteiger partial charge in [0.05, 0.1) is 5.69 Å². The topological polar surface area (TPSA) is 68.0 Å². The number of aromatic nitrogens is 1. The van der Waals surface area contributed by atoms with Crippen LogP contribution >= 0.6 is 23.1 Å². The van der Waals surface area contributed by atoms with Gasteiger partial charge in [-0.15, -0.1) is 23.1 Å². The van der Waals surface area contributed by atoms with Crippen molar-refractivity contribution < 1.29 is 4.79 Å². The van der Waals surface area contributed by atoms with Gasteiger partial charge in [0.2, 0.25) is 0 Å². The molecule has 4 nitrogen and oxygen atoms in total. The van der Waals surface area contributed by atoms with Crippen molar-refractivity contribution >= 4 is 50.6 Å². The number of carbonyl (C=O) groups is 1. The minimum Gasteiger partial charge on any atom is -0.397 e. The first-order chi connectivity index (χ1) is 12.7. The average Bonchev–Trinajstić information content (AvgIpc) is 2.82. The molecule has 0 saturated carbocycles. The number of hydrogen-bond donors (Lipinski definition) is 2. The summed E-state index contributed by atoms with van der Waals surface area (Å²) < 4.78 is 0. The first kappa shape index (κ1) is 17.4. The van der Waals surface area contributed by atoms with Crippen LogP contribution < -0.4 is 11.1 Å². The molecular formula is C20H21N3OS2. The number of rotatable bonds is 3. The Kier molecular flexibility index (Phi) is 4.87. The number of nitrogens with zero attached hydrogens (tertiary/aromatic N) is 1. The second kappa shape index (κ2) is 7.29. The summed E-state index contributed by atoms with van der Waals surface area (Å²) in [7, 11) is 0. The van der Waals surface area contributed by atoms with E-state index in [0.29, 0.717) is 10.6 Å². The van der Waals surface area contributed by atoms with Crippen LogP contribution in [0.3, 0.4) is 0 Å². The van der Waals surface area contributed by atoms with E-state index in [9.17, 15) is 4.79 Å². The highest BCUT2D eigenvalue weighted by Crippen LogP contribution is 2.35. The van der Waals surface area contributed by atoms with Gasteiger partial charge in [0.25, 0.3) is 5.91 Å². The lowest BCUT2D eigenvalue weighted by molar-refractivity contribution is 0.103. The van der Waals surface area contributed by atoms with Crippen molar-refractivity contribution in [2.24, 2.45) is 0 Å². The highest BCUT2D eigenvalue weighted by molar-refractivity contribution is 7.98. The van der Waals surface area contributed by atoms with Gasteiger partial charge < -0.3 is 11.1 Å². The molecule has 1 aliphatic rings. The Morgan fingerprint density at radius 2 is 1.96 bits per heavy atom. The van der Waals surface area contributed by atoms with Gasteiger partial charge in [-0.1, -0.05) is 6.42 Å². The van der Waals surface area contributed by atoms with E-state index in [1.807, 2.05) is 30.5 Å². The summed E-state index contributed by atoms with van der Waals surface area (Å²) in [5.41, 5.74) is 10.1. The molecule has 0 bridgehead atoms. The summed E-state index contributed by atoms with van der Waals surface area (Å²) in [4.78, 5) is 20.1. The Morgan fingerprint density at radius 1 is 1.19 bits per heavy atom. The van der Waals surface area contributed by atoms with E-state index < -0.39 is 0 Å². The maximum atomic E-state index is 12.7. The Morgan fingerprint density at radius 3 is 2.73 bits per heavy atom. The summed E-state index contributed by atoms with van der Waals surface area (Å²) in [5.74, 6) is -0.169. The number of benzene rings is 1. The SMILES string of the molecule is CSc1ccc(NC(=O)c2sc3nc4c(cc3c2N)CCCCC4)cc1. The molecule has 1 aromatic carbocycles. The van der Waals surface area contributed by atoms with Crippen molar-refractivity contribution in [3.8, 4) is 0 Å². The zero-order valence-corrected chi connectivity index (χ0v) is 16.3. The van der Waals surface area contributed by atoms with E-state index in [1.165, 1.54) is 41.9 Å². The van der Waals surface area contributed by atoms with Crippen LogP contribution in [-0.2, 0) is 12.8 Å². The van der Waals surface area contributed by atoms with E-state index in [-0.39, 0.29) is 5.91 Å². The second-order valence-corrected chi connectivity index (χ2v) is 8.41. The number of nitrogen functional groups attached to an aromatic ring is 1. The van der Waals surface area contributed by atoms with Gasteiger partial charge >= 0.3 is 0 Å². The molecule has 0 fully saturated rings. The van der Waals surface area contributed by atoms with Gasteiger partial charge in [0.1, 0.15) is 9.71 Å². The molecule has 134 valence electrons. The van der Waals surface area contributed by atoms with Crippen LogP contribution in [0.2, 0.25) is 0 Å². The Balaban J connectivity index is 1.65. The van der Waals surface area contributed by atoms with Crippen LogP contribution in [0, 0.1) is 0 Å². The fourth-order valence-corrected chi connectivity index (χ4v) is 4.77. The summed E-state index contributed by atoms with van der Waals surface area (Å²) in [5, 5.41) is 3.86. The van der Waals surface area contributed by atoms with Gasteiger partial charge in [-0.3, -0.25) is 4.79 Å². The minimum absolute atomic E-state index is 0.169. The minimum atomic E-state index is -0.169. The van der Waals surface area contributed by atoms with Crippen molar-refractivity contribution in [1.29, 1.82) is 0 Å². The molecule has 0 atom stereocenters. The quantitative estimate of drug-likeness (QED) is 0.486. The maximum Gasteiger partial charge on any atom is 0.267 e. The summed E-state index contributed by atoms with van der Waals surface area (Å²) in [6.45, 7) is 0. The number of anilines is 2. The lowest BCUT2D eigenvalue weighted by Gasteiger charge is -2.05. The molecule has 0 spiro atoms. The number of carbonyl (C=O) groups excluding carboxylic acids is 1. The van der Waals surface area contributed by atoms with E-state index >= 15 is 0 Å². The number of nitrogens with two attached hydrogens (primary N) is 1. The Hall–Kier alpha value is -2.05. The van der Waals surface area contributed by atoms with E-state index in [1.54, 1.807) is 11.8 Å². The number of fused-ring (bicyclic) bond motifs is 2. The standard InChI is InChI=1S/C20H21N3OS2/c1-25-14-9-7-13(8-10-14)22-19(24)18-17(21)15-11-12-5-3-2-4-6-16(12)23-20(15)26-18/h7-11H,2-6,21H2,1H3,(H,22,24). The summed E-state index contributed by atoms with van der Waals surface area (Å²) in [6, 6.07) is 9.96. The third kappa shape index (κ3) is 3.31. The second-order valence-electron chi connectivity index (χ2n) is 6.54.